The number of nitrogens with zero attached hydrogens (tertiary/aromatic N) is 2. The predicted molar refractivity (Wildman–Crippen MR) is 114 cm³/mol. The van der Waals surface area contributed by atoms with Crippen molar-refractivity contribution in [3.8, 4) is 17.5 Å². The topological polar surface area (TPSA) is 105 Å². The molecule has 7 nitrogen and oxygen atoms in total. The van der Waals surface area contributed by atoms with Crippen LogP contribution in [0.4, 0.5) is 5.69 Å². The van der Waals surface area contributed by atoms with E-state index in [1.165, 1.54) is 13.2 Å². The Morgan fingerprint density at radius 3 is 2.71 bits per heavy atom. The lowest BCUT2D eigenvalue weighted by molar-refractivity contribution is -0.123. The Hall–Kier alpha value is -4.44. The number of anilines is 1. The molecule has 0 bridgehead atoms. The third-order valence-corrected chi connectivity index (χ3v) is 4.62. The van der Waals surface area contributed by atoms with Crippen molar-refractivity contribution in [3.63, 3.8) is 0 Å². The van der Waals surface area contributed by atoms with E-state index < -0.39 is 18.0 Å². The largest absolute Gasteiger partial charge is 0.463 e. The van der Waals surface area contributed by atoms with Gasteiger partial charge < -0.3 is 14.5 Å². The van der Waals surface area contributed by atoms with Crippen LogP contribution in [0, 0.1) is 11.3 Å². The van der Waals surface area contributed by atoms with Gasteiger partial charge in [0.15, 0.2) is 11.9 Å². The molecule has 1 amide bonds. The number of pyridine rings is 1. The summed E-state index contributed by atoms with van der Waals surface area (Å²) in [5.74, 6) is -0.643. The zero-order chi connectivity index (χ0) is 21.8. The molecule has 4 rings (SSSR count). The summed E-state index contributed by atoms with van der Waals surface area (Å²) in [4.78, 5) is 30.0. The van der Waals surface area contributed by atoms with E-state index in [4.69, 9.17) is 14.4 Å². The van der Waals surface area contributed by atoms with Gasteiger partial charge in [-0.1, -0.05) is 24.3 Å². The Bertz CT molecular complexity index is 1310. The molecule has 2 aromatic heterocycles. The predicted octanol–water partition coefficient (Wildman–Crippen LogP) is 4.55. The number of nitrogens with one attached hydrogen (secondary N) is 1. The summed E-state index contributed by atoms with van der Waals surface area (Å²) >= 11 is 0. The first kappa shape index (κ1) is 19.9. The number of esters is 1. The molecule has 4 aromatic rings. The normalized spacial score (nSPS) is 11.5. The standard InChI is InChI=1S/C24H17N3O4/c1-15(23(28)26-17-7-4-6-16(12-17)14-25)31-24(29)19-13-21(22-10-5-11-30-22)27-20-9-3-2-8-18(19)20/h2-13,15H,1H3,(H,26,28)/t15-/m1/s1. The number of carbonyl (C=O) groups excluding carboxylic acids is 2. The molecular weight excluding hydrogens is 394 g/mol. The highest BCUT2D eigenvalue weighted by Crippen LogP contribution is 2.26. The van der Waals surface area contributed by atoms with Crippen molar-refractivity contribution in [2.24, 2.45) is 0 Å². The van der Waals surface area contributed by atoms with Gasteiger partial charge in [-0.3, -0.25) is 4.79 Å². The van der Waals surface area contributed by atoms with Gasteiger partial charge >= 0.3 is 5.97 Å². The SMILES string of the molecule is C[C@@H](OC(=O)c1cc(-c2ccco2)nc2ccccc12)C(=O)Nc1cccc(C#N)c1. The van der Waals surface area contributed by atoms with Gasteiger partial charge in [-0.25, -0.2) is 9.78 Å². The minimum atomic E-state index is -1.06. The smallest absolute Gasteiger partial charge is 0.339 e. The maximum atomic E-state index is 12.9. The molecule has 1 N–H and O–H groups in total. The molecule has 1 atom stereocenters. The molecule has 0 spiro atoms. The van der Waals surface area contributed by atoms with Crippen LogP contribution in [0.2, 0.25) is 0 Å². The van der Waals surface area contributed by atoms with Crippen LogP contribution in [0.15, 0.2) is 77.4 Å². The molecule has 0 aliphatic rings. The monoisotopic (exact) mass is 411 g/mol. The fraction of sp³-hybridized carbons (Fsp3) is 0.0833. The van der Waals surface area contributed by atoms with E-state index in [1.54, 1.807) is 60.7 Å². The number of carbonyl (C=O) groups is 2. The molecule has 0 fully saturated rings. The highest BCUT2D eigenvalue weighted by atomic mass is 16.5. The number of aromatic nitrogens is 1. The first-order chi connectivity index (χ1) is 15.0. The van der Waals surface area contributed by atoms with Crippen molar-refractivity contribution >= 4 is 28.5 Å². The number of furan rings is 1. The maximum Gasteiger partial charge on any atom is 0.339 e. The second-order valence-corrected chi connectivity index (χ2v) is 6.78. The van der Waals surface area contributed by atoms with Crippen molar-refractivity contribution < 1.29 is 18.7 Å². The van der Waals surface area contributed by atoms with Gasteiger partial charge in [0.05, 0.1) is 29.0 Å². The van der Waals surface area contributed by atoms with Crippen LogP contribution in [0.5, 0.6) is 0 Å². The quantitative estimate of drug-likeness (QED) is 0.483. The number of hydrogen-bond donors (Lipinski definition) is 1. The molecular formula is C24H17N3O4. The minimum absolute atomic E-state index is 0.281. The maximum absolute atomic E-state index is 12.9. The summed E-state index contributed by atoms with van der Waals surface area (Å²) in [5, 5.41) is 12.2. The number of hydrogen-bond acceptors (Lipinski definition) is 6. The van der Waals surface area contributed by atoms with Crippen LogP contribution >= 0.6 is 0 Å². The van der Waals surface area contributed by atoms with E-state index >= 15 is 0 Å². The molecule has 2 heterocycles. The molecule has 0 saturated heterocycles. The Morgan fingerprint density at radius 2 is 1.94 bits per heavy atom. The molecule has 152 valence electrons. The molecule has 7 heteroatoms. The highest BCUT2D eigenvalue weighted by Gasteiger charge is 2.22. The summed E-state index contributed by atoms with van der Waals surface area (Å²) in [6, 6.07) is 20.7. The fourth-order valence-electron chi connectivity index (χ4n) is 3.08. The number of para-hydroxylation sites is 1. The Labute approximate surface area is 177 Å². The number of fused-ring (bicyclic) bond motifs is 1. The molecule has 0 aliphatic heterocycles. The van der Waals surface area contributed by atoms with E-state index in [2.05, 4.69) is 10.3 Å². The first-order valence-corrected chi connectivity index (χ1v) is 9.51. The Morgan fingerprint density at radius 1 is 1.10 bits per heavy atom. The van der Waals surface area contributed by atoms with Crippen LogP contribution < -0.4 is 5.32 Å². The first-order valence-electron chi connectivity index (χ1n) is 9.51. The average molecular weight is 411 g/mol. The molecule has 0 aliphatic carbocycles. The molecule has 0 unspecified atom stereocenters. The van der Waals surface area contributed by atoms with Gasteiger partial charge in [0.1, 0.15) is 5.69 Å². The van der Waals surface area contributed by atoms with Crippen LogP contribution in [0.25, 0.3) is 22.4 Å². The van der Waals surface area contributed by atoms with Crippen molar-refractivity contribution in [3.05, 3.63) is 84.1 Å². The zero-order valence-electron chi connectivity index (χ0n) is 16.5. The van der Waals surface area contributed by atoms with Crippen LogP contribution in [-0.2, 0) is 9.53 Å². The van der Waals surface area contributed by atoms with E-state index in [-0.39, 0.29) is 5.56 Å². The van der Waals surface area contributed by atoms with Gasteiger partial charge in [-0.05, 0) is 49.4 Å². The summed E-state index contributed by atoms with van der Waals surface area (Å²) in [6.07, 6.45) is 0.468. The molecule has 31 heavy (non-hydrogen) atoms. The molecule has 0 saturated carbocycles. The third-order valence-electron chi connectivity index (χ3n) is 4.62. The lowest BCUT2D eigenvalue weighted by Gasteiger charge is -2.15. The average Bonchev–Trinajstić information content (AvgIpc) is 3.33. The van der Waals surface area contributed by atoms with Crippen molar-refractivity contribution in [2.45, 2.75) is 13.0 Å². The second-order valence-electron chi connectivity index (χ2n) is 6.78. The number of benzene rings is 2. The highest BCUT2D eigenvalue weighted by molar-refractivity contribution is 6.05. The van der Waals surface area contributed by atoms with E-state index in [9.17, 15) is 9.59 Å². The van der Waals surface area contributed by atoms with Crippen LogP contribution in [0.1, 0.15) is 22.8 Å². The number of amides is 1. The van der Waals surface area contributed by atoms with E-state index in [1.807, 2.05) is 12.1 Å². The number of rotatable bonds is 5. The van der Waals surface area contributed by atoms with Crippen LogP contribution in [0.3, 0.4) is 0 Å². The van der Waals surface area contributed by atoms with E-state index in [0.717, 1.165) is 0 Å². The number of nitriles is 1. The van der Waals surface area contributed by atoms with Crippen molar-refractivity contribution in [1.29, 1.82) is 5.26 Å². The van der Waals surface area contributed by atoms with Gasteiger partial charge in [-0.15, -0.1) is 0 Å². The summed E-state index contributed by atoms with van der Waals surface area (Å²) < 4.78 is 10.8. The summed E-state index contributed by atoms with van der Waals surface area (Å²) in [6.45, 7) is 1.48. The Balaban J connectivity index is 1.57. The van der Waals surface area contributed by atoms with Crippen molar-refractivity contribution in [2.75, 3.05) is 5.32 Å². The third kappa shape index (κ3) is 4.28. The fourth-order valence-corrected chi connectivity index (χ4v) is 3.08. The zero-order valence-corrected chi connectivity index (χ0v) is 16.5. The van der Waals surface area contributed by atoms with Gasteiger partial charge in [0.2, 0.25) is 0 Å². The summed E-state index contributed by atoms with van der Waals surface area (Å²) in [5.41, 5.74) is 2.23. The number of ether oxygens (including phenoxy) is 1. The van der Waals surface area contributed by atoms with Gasteiger partial charge in [0, 0.05) is 11.1 Å². The molecule has 2 aromatic carbocycles. The van der Waals surface area contributed by atoms with Gasteiger partial charge in [0.25, 0.3) is 5.91 Å². The van der Waals surface area contributed by atoms with E-state index in [0.29, 0.717) is 33.6 Å². The van der Waals surface area contributed by atoms with Crippen molar-refractivity contribution in [1.82, 2.24) is 4.98 Å². The van der Waals surface area contributed by atoms with Crippen LogP contribution in [-0.4, -0.2) is 23.0 Å². The molecule has 0 radical (unpaired) electrons. The Kier molecular flexibility index (Phi) is 5.45. The minimum Gasteiger partial charge on any atom is -0.463 e. The van der Waals surface area contributed by atoms with Gasteiger partial charge in [-0.2, -0.15) is 5.26 Å². The lowest BCUT2D eigenvalue weighted by Crippen LogP contribution is -2.30. The summed E-state index contributed by atoms with van der Waals surface area (Å²) in [7, 11) is 0. The second kappa shape index (κ2) is 8.51. The lowest BCUT2D eigenvalue weighted by atomic mass is 10.1.